The highest BCUT2D eigenvalue weighted by atomic mass is 32.2. The van der Waals surface area contributed by atoms with Crippen molar-refractivity contribution in [3.8, 4) is 0 Å². The molecule has 0 saturated heterocycles. The number of carbonyl (C=O) groups is 2. The van der Waals surface area contributed by atoms with Gasteiger partial charge in [-0.15, -0.1) is 11.8 Å². The number of ether oxygens (including phenoxy) is 1. The van der Waals surface area contributed by atoms with Gasteiger partial charge in [0.2, 0.25) is 0 Å². The first kappa shape index (κ1) is 30.9. The lowest BCUT2D eigenvalue weighted by molar-refractivity contribution is -0.123. The van der Waals surface area contributed by atoms with E-state index in [4.69, 9.17) is 4.74 Å². The monoisotopic (exact) mass is 580 g/mol. The molecule has 1 atom stereocenters. The molecule has 0 saturated carbocycles. The van der Waals surface area contributed by atoms with Crippen LogP contribution in [-0.4, -0.2) is 35.9 Å². The van der Waals surface area contributed by atoms with Crippen LogP contribution in [0.1, 0.15) is 49.9 Å². The van der Waals surface area contributed by atoms with Crippen molar-refractivity contribution in [3.05, 3.63) is 138 Å². The molecule has 0 fully saturated rings. The molecule has 0 aliphatic carbocycles. The van der Waals surface area contributed by atoms with Gasteiger partial charge in [-0.2, -0.15) is 0 Å². The summed E-state index contributed by atoms with van der Waals surface area (Å²) >= 11 is 1.62. The van der Waals surface area contributed by atoms with Crippen LogP contribution in [0.3, 0.4) is 0 Å². The Labute approximate surface area is 254 Å². The van der Waals surface area contributed by atoms with Gasteiger partial charge < -0.3 is 15.0 Å². The number of benzene rings is 4. The quantitative estimate of drug-likeness (QED) is 0.204. The number of alkyl carbamates (subject to hydrolysis) is 1. The number of hydrogen-bond acceptors (Lipinski definition) is 4. The lowest BCUT2D eigenvalue weighted by Gasteiger charge is -2.40. The van der Waals surface area contributed by atoms with Crippen molar-refractivity contribution < 1.29 is 14.3 Å². The van der Waals surface area contributed by atoms with Gasteiger partial charge in [-0.3, -0.25) is 4.79 Å². The van der Waals surface area contributed by atoms with Crippen molar-refractivity contribution in [1.29, 1.82) is 0 Å². The van der Waals surface area contributed by atoms with E-state index in [9.17, 15) is 9.59 Å². The minimum Gasteiger partial charge on any atom is -0.444 e. The average Bonchev–Trinajstić information content (AvgIpc) is 2.97. The minimum atomic E-state index is -1.31. The minimum absolute atomic E-state index is 0.241. The molecule has 0 aliphatic rings. The second kappa shape index (κ2) is 12.9. The second-order valence-electron chi connectivity index (χ2n) is 11.7. The van der Waals surface area contributed by atoms with Crippen molar-refractivity contribution in [3.63, 3.8) is 0 Å². The normalized spacial score (nSPS) is 13.1. The Kier molecular flexibility index (Phi) is 9.47. The van der Waals surface area contributed by atoms with Crippen LogP contribution in [0.5, 0.6) is 0 Å². The Morgan fingerprint density at radius 2 is 1.21 bits per heavy atom. The molecule has 4 rings (SSSR count). The highest BCUT2D eigenvalue weighted by Crippen LogP contribution is 2.49. The van der Waals surface area contributed by atoms with E-state index < -0.39 is 22.0 Å². The fourth-order valence-corrected chi connectivity index (χ4v) is 6.63. The van der Waals surface area contributed by atoms with E-state index in [2.05, 4.69) is 41.7 Å². The van der Waals surface area contributed by atoms with Gasteiger partial charge in [0.25, 0.3) is 5.91 Å². The van der Waals surface area contributed by atoms with E-state index in [0.29, 0.717) is 0 Å². The maximum Gasteiger partial charge on any atom is 0.408 e. The summed E-state index contributed by atoms with van der Waals surface area (Å²) in [5.41, 5.74) is 2.99. The molecule has 0 heterocycles. The van der Waals surface area contributed by atoms with Crippen LogP contribution >= 0.6 is 11.8 Å². The third-order valence-electron chi connectivity index (χ3n) is 7.06. The zero-order valence-electron chi connectivity index (χ0n) is 25.3. The smallest absolute Gasteiger partial charge is 0.408 e. The van der Waals surface area contributed by atoms with Crippen molar-refractivity contribution in [2.24, 2.45) is 0 Å². The molecule has 5 nitrogen and oxygen atoms in total. The topological polar surface area (TPSA) is 58.6 Å². The van der Waals surface area contributed by atoms with E-state index >= 15 is 0 Å². The van der Waals surface area contributed by atoms with Crippen LogP contribution in [0.15, 0.2) is 115 Å². The molecule has 6 heteroatoms. The molecule has 0 unspecified atom stereocenters. The molecule has 42 heavy (non-hydrogen) atoms. The highest BCUT2D eigenvalue weighted by molar-refractivity contribution is 8.00. The van der Waals surface area contributed by atoms with E-state index in [0.717, 1.165) is 27.9 Å². The van der Waals surface area contributed by atoms with Gasteiger partial charge in [0.05, 0.1) is 4.75 Å². The summed E-state index contributed by atoms with van der Waals surface area (Å²) < 4.78 is 4.98. The van der Waals surface area contributed by atoms with Crippen LogP contribution in [-0.2, 0) is 14.3 Å². The molecule has 0 bridgehead atoms. The largest absolute Gasteiger partial charge is 0.444 e. The molecular formula is C36H40N2O3S. The summed E-state index contributed by atoms with van der Waals surface area (Å²) in [4.78, 5) is 29.2. The van der Waals surface area contributed by atoms with Crippen molar-refractivity contribution >= 4 is 29.4 Å². The molecule has 1 N–H and O–H groups in total. The fraction of sp³-hybridized carbons (Fsp3) is 0.278. The third kappa shape index (κ3) is 7.05. The lowest BCUT2D eigenvalue weighted by Crippen LogP contribution is -2.60. The molecule has 4 aromatic rings. The number of thioether (sulfide) groups is 1. The van der Waals surface area contributed by atoms with Gasteiger partial charge in [0.1, 0.15) is 11.1 Å². The molecular weight excluding hydrogens is 540 g/mol. The van der Waals surface area contributed by atoms with Gasteiger partial charge in [-0.1, -0.05) is 103 Å². The van der Waals surface area contributed by atoms with Gasteiger partial charge in [-0.05, 0) is 69.0 Å². The Bertz CT molecular complexity index is 1390. The van der Waals surface area contributed by atoms with Crippen LogP contribution in [0.25, 0.3) is 0 Å². The fourth-order valence-electron chi connectivity index (χ4n) is 5.03. The zero-order chi connectivity index (χ0) is 30.4. The first-order chi connectivity index (χ1) is 19.9. The molecule has 0 aliphatic heterocycles. The average molecular weight is 581 g/mol. The zero-order valence-corrected chi connectivity index (χ0v) is 26.1. The Balaban J connectivity index is 1.82. The van der Waals surface area contributed by atoms with Crippen LogP contribution < -0.4 is 10.2 Å². The highest BCUT2D eigenvalue weighted by Gasteiger charge is 2.44. The van der Waals surface area contributed by atoms with Crippen LogP contribution in [0, 0.1) is 6.92 Å². The summed E-state index contributed by atoms with van der Waals surface area (Å²) in [5.74, 6) is 0.0226. The number of carbonyl (C=O) groups excluding carboxylic acids is 2. The molecule has 0 aromatic heterocycles. The summed E-state index contributed by atoms with van der Waals surface area (Å²) in [7, 11) is 1.75. The number of rotatable bonds is 9. The Morgan fingerprint density at radius 1 is 0.738 bits per heavy atom. The van der Waals surface area contributed by atoms with Crippen molar-refractivity contribution in [2.75, 3.05) is 17.7 Å². The maximum atomic E-state index is 14.3. The summed E-state index contributed by atoms with van der Waals surface area (Å²) in [6, 6.07) is 38.7. The number of nitrogens with zero attached hydrogens (tertiary/aromatic N) is 1. The van der Waals surface area contributed by atoms with Gasteiger partial charge in [-0.25, -0.2) is 4.79 Å². The number of amides is 2. The first-order valence-corrected chi connectivity index (χ1v) is 15.1. The Hall–Kier alpha value is -4.03. The van der Waals surface area contributed by atoms with E-state index in [1.54, 1.807) is 30.6 Å². The van der Waals surface area contributed by atoms with Crippen LogP contribution in [0.4, 0.5) is 10.5 Å². The third-order valence-corrected chi connectivity index (χ3v) is 8.92. The number of anilines is 1. The maximum absolute atomic E-state index is 14.3. The number of hydrogen-bond donors (Lipinski definition) is 1. The summed E-state index contributed by atoms with van der Waals surface area (Å²) in [6.45, 7) is 9.20. The molecule has 4 aromatic carbocycles. The molecule has 0 spiro atoms. The number of aryl methyl sites for hydroxylation is 1. The lowest BCUT2D eigenvalue weighted by atomic mass is 9.84. The molecule has 218 valence electrons. The van der Waals surface area contributed by atoms with Gasteiger partial charge in [0, 0.05) is 18.5 Å². The number of likely N-dealkylation sites (N-methyl/N-ethyl adjacent to an activating group) is 1. The Morgan fingerprint density at radius 3 is 1.64 bits per heavy atom. The summed E-state index contributed by atoms with van der Waals surface area (Å²) in [6.07, 6.45) is -0.638. The predicted molar refractivity (Wildman–Crippen MR) is 174 cm³/mol. The van der Waals surface area contributed by atoms with Crippen molar-refractivity contribution in [2.45, 2.75) is 50.5 Å². The van der Waals surface area contributed by atoms with Crippen molar-refractivity contribution in [1.82, 2.24) is 5.32 Å². The van der Waals surface area contributed by atoms with E-state index in [1.165, 1.54) is 0 Å². The van der Waals surface area contributed by atoms with E-state index in [-0.39, 0.29) is 11.7 Å². The summed E-state index contributed by atoms with van der Waals surface area (Å²) in [5, 5.41) is 2.97. The van der Waals surface area contributed by atoms with Gasteiger partial charge >= 0.3 is 6.09 Å². The molecule has 0 radical (unpaired) electrons. The second-order valence-corrected chi connectivity index (χ2v) is 12.9. The first-order valence-electron chi connectivity index (χ1n) is 14.1. The number of nitrogens with one attached hydrogen (secondary N) is 1. The van der Waals surface area contributed by atoms with Crippen LogP contribution in [0.2, 0.25) is 0 Å². The SMILES string of the molecule is Cc1cccc(N(C)C(=O)[C@@](C)(CSC(c2ccccc2)(c2ccccc2)c2ccccc2)NC(=O)OC(C)(C)C)c1. The predicted octanol–water partition coefficient (Wildman–Crippen LogP) is 7.97. The standard InChI is InChI=1S/C36H40N2O3S/c1-27-17-16-24-31(25-27)38(6)32(39)35(5,37-33(40)41-34(2,3)4)26-42-36(28-18-10-7-11-19-28,29-20-12-8-13-21-29)30-22-14-9-15-23-30/h7-25H,26H2,1-6H3,(H,37,40)/t35-/m1/s1. The molecule has 2 amide bonds. The van der Waals surface area contributed by atoms with Gasteiger partial charge in [0.15, 0.2) is 0 Å². The van der Waals surface area contributed by atoms with E-state index in [1.807, 2.05) is 107 Å².